The normalized spacial score (nSPS) is 29.6. The van der Waals surface area contributed by atoms with Crippen LogP contribution in [0.3, 0.4) is 0 Å². The summed E-state index contributed by atoms with van der Waals surface area (Å²) >= 11 is 0. The fourth-order valence-corrected chi connectivity index (χ4v) is 3.87. The van der Waals surface area contributed by atoms with Gasteiger partial charge in [-0.3, -0.25) is 4.79 Å². The predicted octanol–water partition coefficient (Wildman–Crippen LogP) is 4.25. The van der Waals surface area contributed by atoms with Crippen molar-refractivity contribution in [1.29, 1.82) is 0 Å². The number of carbonyl (C=O) groups excluding carboxylic acids is 1. The molecule has 3 nitrogen and oxygen atoms in total. The van der Waals surface area contributed by atoms with E-state index in [2.05, 4.69) is 5.32 Å². The number of nitrogens with one attached hydrogen (secondary N) is 1. The third kappa shape index (κ3) is 4.86. The predicted molar refractivity (Wildman–Crippen MR) is 88.5 cm³/mol. The minimum atomic E-state index is -4.84. The first-order chi connectivity index (χ1) is 12.3. The molecule has 1 amide bonds. The minimum Gasteiger partial charge on any atom is -0.352 e. The average Bonchev–Trinajstić information content (AvgIpc) is 2.94. The molecule has 0 saturated heterocycles. The zero-order valence-corrected chi connectivity index (χ0v) is 15.2. The van der Waals surface area contributed by atoms with E-state index in [1.165, 1.54) is 0 Å². The van der Waals surface area contributed by atoms with Crippen molar-refractivity contribution >= 4 is 5.91 Å². The molecular weight excluding hydrogens is 374 g/mol. The number of allylic oxidation sites excluding steroid dienone is 2. The number of carbonyl (C=O) groups is 1. The van der Waals surface area contributed by atoms with Crippen molar-refractivity contribution in [3.8, 4) is 0 Å². The summed E-state index contributed by atoms with van der Waals surface area (Å²) in [6.07, 6.45) is -7.65. The number of nitrogens with two attached hydrogens (primary N) is 1. The van der Waals surface area contributed by atoms with E-state index >= 15 is 0 Å². The first-order valence-electron chi connectivity index (χ1n) is 8.85. The Hall–Kier alpha value is -1.51. The van der Waals surface area contributed by atoms with Gasteiger partial charge in [-0.2, -0.15) is 26.3 Å². The molecule has 0 aromatic heterocycles. The Bertz CT molecular complexity index is 635. The molecule has 1 saturated carbocycles. The molecule has 0 radical (unpaired) electrons. The molecule has 9 heteroatoms. The third-order valence-corrected chi connectivity index (χ3v) is 5.60. The van der Waals surface area contributed by atoms with Crippen LogP contribution in [0.4, 0.5) is 26.3 Å². The van der Waals surface area contributed by atoms with Crippen molar-refractivity contribution in [2.75, 3.05) is 6.54 Å². The highest BCUT2D eigenvalue weighted by atomic mass is 19.4. The number of hydrogen-bond acceptors (Lipinski definition) is 2. The Morgan fingerprint density at radius 3 is 2.37 bits per heavy atom. The monoisotopic (exact) mass is 398 g/mol. The maximum absolute atomic E-state index is 13.0. The van der Waals surface area contributed by atoms with Crippen LogP contribution in [0.25, 0.3) is 0 Å². The van der Waals surface area contributed by atoms with Crippen molar-refractivity contribution in [2.24, 2.45) is 23.0 Å². The van der Waals surface area contributed by atoms with E-state index in [1.807, 2.05) is 13.8 Å². The Morgan fingerprint density at radius 2 is 1.93 bits per heavy atom. The maximum Gasteiger partial charge on any atom is 0.412 e. The summed E-state index contributed by atoms with van der Waals surface area (Å²) in [6, 6.07) is -0.140. The lowest BCUT2D eigenvalue weighted by Gasteiger charge is -2.32. The largest absolute Gasteiger partial charge is 0.412 e. The second kappa shape index (κ2) is 7.48. The summed E-state index contributed by atoms with van der Waals surface area (Å²) in [5.74, 6) is -2.64. The molecule has 0 aromatic carbocycles. The van der Waals surface area contributed by atoms with Crippen molar-refractivity contribution in [3.05, 3.63) is 23.3 Å². The summed E-state index contributed by atoms with van der Waals surface area (Å²) in [5, 5.41) is 2.54. The lowest BCUT2D eigenvalue weighted by molar-refractivity contribution is -0.166. The van der Waals surface area contributed by atoms with E-state index < -0.39 is 35.7 Å². The van der Waals surface area contributed by atoms with Gasteiger partial charge >= 0.3 is 12.4 Å². The van der Waals surface area contributed by atoms with Crippen LogP contribution in [0, 0.1) is 17.3 Å². The lowest BCUT2D eigenvalue weighted by atomic mass is 9.74. The number of rotatable bonds is 4. The van der Waals surface area contributed by atoms with Crippen molar-refractivity contribution < 1.29 is 31.1 Å². The van der Waals surface area contributed by atoms with E-state index in [-0.39, 0.29) is 30.0 Å². The fourth-order valence-electron chi connectivity index (χ4n) is 3.87. The quantitative estimate of drug-likeness (QED) is 0.696. The molecular formula is C18H24F6N2O. The summed E-state index contributed by atoms with van der Waals surface area (Å²) in [7, 11) is 0. The first-order valence-corrected chi connectivity index (χ1v) is 8.85. The van der Waals surface area contributed by atoms with Gasteiger partial charge in [0, 0.05) is 18.2 Å². The van der Waals surface area contributed by atoms with Gasteiger partial charge in [-0.25, -0.2) is 0 Å². The molecule has 3 atom stereocenters. The van der Waals surface area contributed by atoms with E-state index in [0.29, 0.717) is 25.3 Å². The Balaban J connectivity index is 2.17. The van der Waals surface area contributed by atoms with Crippen molar-refractivity contribution in [1.82, 2.24) is 5.32 Å². The molecule has 0 spiro atoms. The van der Waals surface area contributed by atoms with Gasteiger partial charge in [-0.1, -0.05) is 19.9 Å². The van der Waals surface area contributed by atoms with E-state index in [1.54, 1.807) is 0 Å². The molecule has 0 aliphatic heterocycles. The highest BCUT2D eigenvalue weighted by Crippen LogP contribution is 2.44. The molecule has 0 heterocycles. The standard InChI is InChI=1S/C18H24F6N2O/c1-10(2)16(4-3-14(25)8-16)15(27)26-9-11-5-12(17(19,20)21)7-13(6-11)18(22,23)24/h5-6,10,12,14H,3-4,7-9,25H2,1-2H3,(H,26,27). The van der Waals surface area contributed by atoms with Gasteiger partial charge in [-0.15, -0.1) is 0 Å². The Kier molecular flexibility index (Phi) is 6.04. The van der Waals surface area contributed by atoms with E-state index in [4.69, 9.17) is 5.73 Å². The average molecular weight is 398 g/mol. The second-order valence-corrected chi connectivity index (χ2v) is 7.76. The molecule has 1 fully saturated rings. The first kappa shape index (κ1) is 21.8. The van der Waals surface area contributed by atoms with E-state index in [0.717, 1.165) is 6.08 Å². The van der Waals surface area contributed by atoms with Gasteiger partial charge in [0.15, 0.2) is 0 Å². The van der Waals surface area contributed by atoms with Crippen LogP contribution in [0.15, 0.2) is 23.3 Å². The fraction of sp³-hybridized carbons (Fsp3) is 0.722. The van der Waals surface area contributed by atoms with Crippen molar-refractivity contribution in [2.45, 2.75) is 57.9 Å². The SMILES string of the molecule is CC(C)C1(C(=O)NCC2=CC(C(F)(F)F)CC(C(F)(F)F)=C2)CCC(N)C1. The molecule has 27 heavy (non-hydrogen) atoms. The van der Waals surface area contributed by atoms with Crippen LogP contribution in [0.2, 0.25) is 0 Å². The van der Waals surface area contributed by atoms with Gasteiger partial charge < -0.3 is 11.1 Å². The summed E-state index contributed by atoms with van der Waals surface area (Å²) in [4.78, 5) is 12.7. The van der Waals surface area contributed by atoms with Crippen LogP contribution in [0.1, 0.15) is 39.5 Å². The van der Waals surface area contributed by atoms with Crippen LogP contribution in [-0.4, -0.2) is 30.8 Å². The molecule has 3 N–H and O–H groups in total. The molecule has 0 aromatic rings. The smallest absolute Gasteiger partial charge is 0.352 e. The summed E-state index contributed by atoms with van der Waals surface area (Å²) < 4.78 is 77.9. The van der Waals surface area contributed by atoms with Gasteiger partial charge in [0.1, 0.15) is 0 Å². The third-order valence-electron chi connectivity index (χ3n) is 5.60. The van der Waals surface area contributed by atoms with Gasteiger partial charge in [0.25, 0.3) is 0 Å². The molecule has 154 valence electrons. The van der Waals surface area contributed by atoms with Crippen molar-refractivity contribution in [3.63, 3.8) is 0 Å². The highest BCUT2D eigenvalue weighted by Gasteiger charge is 2.47. The van der Waals surface area contributed by atoms with Crippen LogP contribution >= 0.6 is 0 Å². The minimum absolute atomic E-state index is 0.0458. The molecule has 2 aliphatic rings. The van der Waals surface area contributed by atoms with E-state index in [9.17, 15) is 31.1 Å². The lowest BCUT2D eigenvalue weighted by Crippen LogP contribution is -2.44. The number of alkyl halides is 6. The Morgan fingerprint density at radius 1 is 1.30 bits per heavy atom. The van der Waals surface area contributed by atoms with Crippen LogP contribution < -0.4 is 11.1 Å². The number of hydrogen-bond donors (Lipinski definition) is 2. The molecule has 3 unspecified atom stereocenters. The summed E-state index contributed by atoms with van der Waals surface area (Å²) in [6.45, 7) is 3.34. The molecule has 2 aliphatic carbocycles. The van der Waals surface area contributed by atoms with Crippen LogP contribution in [0.5, 0.6) is 0 Å². The maximum atomic E-state index is 13.0. The number of amides is 1. The zero-order chi connectivity index (χ0) is 20.6. The highest BCUT2D eigenvalue weighted by molar-refractivity contribution is 5.83. The number of halogens is 6. The van der Waals surface area contributed by atoms with Gasteiger partial charge in [-0.05, 0) is 43.3 Å². The topological polar surface area (TPSA) is 55.1 Å². The van der Waals surface area contributed by atoms with Gasteiger partial charge in [0.2, 0.25) is 5.91 Å². The van der Waals surface area contributed by atoms with Gasteiger partial charge in [0.05, 0.1) is 11.3 Å². The zero-order valence-electron chi connectivity index (χ0n) is 15.2. The Labute approximate surface area is 154 Å². The van der Waals surface area contributed by atoms with Crippen LogP contribution in [-0.2, 0) is 4.79 Å². The molecule has 0 bridgehead atoms. The molecule has 2 rings (SSSR count). The second-order valence-electron chi connectivity index (χ2n) is 7.76. The summed E-state index contributed by atoms with van der Waals surface area (Å²) in [5.41, 5.74) is 3.74.